The number of H-pyrrole nitrogens is 1. The lowest BCUT2D eigenvalue weighted by Crippen LogP contribution is -2.13. The lowest BCUT2D eigenvalue weighted by Gasteiger charge is -2.03. The van der Waals surface area contributed by atoms with E-state index in [4.69, 9.17) is 5.73 Å². The fourth-order valence-corrected chi connectivity index (χ4v) is 2.11. The standard InChI is InChI=1S/C17H14N4O2/c18-16(22)12-6-8-13(9-7-12)19-17(23)15-10-14(20-21-15)11-4-2-1-3-5-11/h1-10H,(H2,18,22)(H,19,23)(H,20,21). The molecule has 0 bridgehead atoms. The number of amides is 2. The number of nitrogens with two attached hydrogens (primary N) is 1. The predicted octanol–water partition coefficient (Wildman–Crippen LogP) is 2.43. The van der Waals surface area contributed by atoms with Crippen LogP contribution in [-0.2, 0) is 0 Å². The molecule has 0 aliphatic rings. The number of primary amides is 1. The SMILES string of the molecule is NC(=O)c1ccc(NC(=O)c2cc(-c3ccccc3)n[nH]2)cc1. The number of hydrogen-bond acceptors (Lipinski definition) is 3. The van der Waals surface area contributed by atoms with E-state index < -0.39 is 5.91 Å². The van der Waals surface area contributed by atoms with E-state index in [2.05, 4.69) is 15.5 Å². The van der Waals surface area contributed by atoms with Crippen LogP contribution in [0.1, 0.15) is 20.8 Å². The zero-order valence-electron chi connectivity index (χ0n) is 12.1. The lowest BCUT2D eigenvalue weighted by atomic mass is 10.1. The average molecular weight is 306 g/mol. The second-order valence-corrected chi connectivity index (χ2v) is 4.93. The molecule has 1 aromatic heterocycles. The molecule has 0 aliphatic heterocycles. The molecule has 0 unspecified atom stereocenters. The molecule has 2 aromatic carbocycles. The highest BCUT2D eigenvalue weighted by Crippen LogP contribution is 2.18. The molecule has 0 saturated heterocycles. The molecule has 0 atom stereocenters. The number of nitrogens with one attached hydrogen (secondary N) is 2. The predicted molar refractivity (Wildman–Crippen MR) is 86.9 cm³/mol. The van der Waals surface area contributed by atoms with E-state index in [1.807, 2.05) is 30.3 Å². The van der Waals surface area contributed by atoms with Gasteiger partial charge in [-0.1, -0.05) is 30.3 Å². The van der Waals surface area contributed by atoms with Gasteiger partial charge in [0.1, 0.15) is 5.69 Å². The van der Waals surface area contributed by atoms with Gasteiger partial charge in [0.25, 0.3) is 5.91 Å². The number of aromatic nitrogens is 2. The van der Waals surface area contributed by atoms with Gasteiger partial charge in [0, 0.05) is 16.8 Å². The molecule has 3 rings (SSSR count). The molecule has 114 valence electrons. The minimum atomic E-state index is -0.510. The number of benzene rings is 2. The van der Waals surface area contributed by atoms with Gasteiger partial charge in [0.2, 0.25) is 5.91 Å². The maximum absolute atomic E-state index is 12.2. The maximum atomic E-state index is 12.2. The van der Waals surface area contributed by atoms with E-state index in [1.54, 1.807) is 30.3 Å². The van der Waals surface area contributed by atoms with Gasteiger partial charge < -0.3 is 11.1 Å². The average Bonchev–Trinajstić information content (AvgIpc) is 3.06. The monoisotopic (exact) mass is 306 g/mol. The topological polar surface area (TPSA) is 101 Å². The normalized spacial score (nSPS) is 10.3. The van der Waals surface area contributed by atoms with Crippen LogP contribution in [0.2, 0.25) is 0 Å². The van der Waals surface area contributed by atoms with Gasteiger partial charge in [-0.05, 0) is 30.3 Å². The highest BCUT2D eigenvalue weighted by atomic mass is 16.2. The van der Waals surface area contributed by atoms with E-state index in [9.17, 15) is 9.59 Å². The Morgan fingerprint density at radius 2 is 1.70 bits per heavy atom. The zero-order chi connectivity index (χ0) is 16.2. The number of aromatic amines is 1. The lowest BCUT2D eigenvalue weighted by molar-refractivity contribution is 0.0998. The van der Waals surface area contributed by atoms with Gasteiger partial charge in [0.15, 0.2) is 0 Å². The van der Waals surface area contributed by atoms with Crippen molar-refractivity contribution in [3.8, 4) is 11.3 Å². The molecule has 6 heteroatoms. The molecule has 3 aromatic rings. The number of nitrogens with zero attached hydrogens (tertiary/aromatic N) is 1. The van der Waals surface area contributed by atoms with Gasteiger partial charge in [-0.15, -0.1) is 0 Å². The third kappa shape index (κ3) is 3.26. The quantitative estimate of drug-likeness (QED) is 0.690. The Balaban J connectivity index is 1.74. The largest absolute Gasteiger partial charge is 0.366 e. The van der Waals surface area contributed by atoms with Gasteiger partial charge >= 0.3 is 0 Å². The summed E-state index contributed by atoms with van der Waals surface area (Å²) in [6.07, 6.45) is 0. The first kappa shape index (κ1) is 14.5. The number of rotatable bonds is 4. The number of carbonyl (C=O) groups excluding carboxylic acids is 2. The first-order valence-corrected chi connectivity index (χ1v) is 6.95. The van der Waals surface area contributed by atoms with E-state index >= 15 is 0 Å². The van der Waals surface area contributed by atoms with E-state index in [0.717, 1.165) is 5.56 Å². The van der Waals surface area contributed by atoms with Crippen molar-refractivity contribution in [2.45, 2.75) is 0 Å². The summed E-state index contributed by atoms with van der Waals surface area (Å²) in [4.78, 5) is 23.2. The Kier molecular flexibility index (Phi) is 3.88. The van der Waals surface area contributed by atoms with Crippen LogP contribution in [0.4, 0.5) is 5.69 Å². The van der Waals surface area contributed by atoms with Gasteiger partial charge in [-0.3, -0.25) is 14.7 Å². The van der Waals surface area contributed by atoms with Crippen molar-refractivity contribution < 1.29 is 9.59 Å². The van der Waals surface area contributed by atoms with Gasteiger partial charge in [-0.2, -0.15) is 5.10 Å². The Morgan fingerprint density at radius 1 is 1.00 bits per heavy atom. The zero-order valence-corrected chi connectivity index (χ0v) is 12.1. The highest BCUT2D eigenvalue weighted by Gasteiger charge is 2.11. The minimum Gasteiger partial charge on any atom is -0.366 e. The van der Waals surface area contributed by atoms with Crippen LogP contribution in [0.5, 0.6) is 0 Å². The Hall–Kier alpha value is -3.41. The van der Waals surface area contributed by atoms with E-state index in [1.165, 1.54) is 0 Å². The fourth-order valence-electron chi connectivity index (χ4n) is 2.11. The highest BCUT2D eigenvalue weighted by molar-refractivity contribution is 6.03. The van der Waals surface area contributed by atoms with Crippen molar-refractivity contribution in [2.75, 3.05) is 5.32 Å². The Bertz CT molecular complexity index is 839. The molecule has 0 radical (unpaired) electrons. The van der Waals surface area contributed by atoms with Crippen LogP contribution in [0.25, 0.3) is 11.3 Å². The molecule has 6 nitrogen and oxygen atoms in total. The van der Waals surface area contributed by atoms with Gasteiger partial charge in [0.05, 0.1) is 5.69 Å². The molecule has 0 spiro atoms. The van der Waals surface area contributed by atoms with Gasteiger partial charge in [-0.25, -0.2) is 0 Å². The van der Waals surface area contributed by atoms with Crippen LogP contribution in [0.3, 0.4) is 0 Å². The third-order valence-electron chi connectivity index (χ3n) is 3.32. The summed E-state index contributed by atoms with van der Waals surface area (Å²) >= 11 is 0. The molecule has 4 N–H and O–H groups in total. The van der Waals surface area contributed by atoms with Crippen LogP contribution in [0, 0.1) is 0 Å². The van der Waals surface area contributed by atoms with Crippen molar-refractivity contribution >= 4 is 17.5 Å². The summed E-state index contributed by atoms with van der Waals surface area (Å²) in [6.45, 7) is 0. The molecule has 0 aliphatic carbocycles. The minimum absolute atomic E-state index is 0.313. The fraction of sp³-hybridized carbons (Fsp3) is 0. The second kappa shape index (κ2) is 6.15. The van der Waals surface area contributed by atoms with Crippen LogP contribution in [-0.4, -0.2) is 22.0 Å². The smallest absolute Gasteiger partial charge is 0.273 e. The van der Waals surface area contributed by atoms with Crippen LogP contribution >= 0.6 is 0 Å². The number of carbonyl (C=O) groups is 2. The van der Waals surface area contributed by atoms with Crippen molar-refractivity contribution in [3.05, 3.63) is 71.9 Å². The third-order valence-corrected chi connectivity index (χ3v) is 3.32. The summed E-state index contributed by atoms with van der Waals surface area (Å²) in [5.74, 6) is -0.824. The summed E-state index contributed by atoms with van der Waals surface area (Å²) < 4.78 is 0. The van der Waals surface area contributed by atoms with Crippen molar-refractivity contribution in [3.63, 3.8) is 0 Å². The first-order chi connectivity index (χ1) is 11.1. The van der Waals surface area contributed by atoms with Crippen molar-refractivity contribution in [1.29, 1.82) is 0 Å². The van der Waals surface area contributed by atoms with E-state index in [-0.39, 0.29) is 5.91 Å². The first-order valence-electron chi connectivity index (χ1n) is 6.95. The summed E-state index contributed by atoms with van der Waals surface area (Å²) in [5, 5.41) is 9.58. The van der Waals surface area contributed by atoms with E-state index in [0.29, 0.717) is 22.6 Å². The van der Waals surface area contributed by atoms with Crippen LogP contribution < -0.4 is 11.1 Å². The molecule has 1 heterocycles. The summed E-state index contributed by atoms with van der Waals surface area (Å²) in [5.41, 5.74) is 8.09. The molecule has 23 heavy (non-hydrogen) atoms. The molecular weight excluding hydrogens is 292 g/mol. The molecule has 2 amide bonds. The van der Waals surface area contributed by atoms with Crippen molar-refractivity contribution in [2.24, 2.45) is 5.73 Å². The Morgan fingerprint density at radius 3 is 2.35 bits per heavy atom. The molecular formula is C17H14N4O2. The molecule has 0 fully saturated rings. The van der Waals surface area contributed by atoms with Crippen LogP contribution in [0.15, 0.2) is 60.7 Å². The number of anilines is 1. The Labute approximate surface area is 132 Å². The summed E-state index contributed by atoms with van der Waals surface area (Å²) in [7, 11) is 0. The number of hydrogen-bond donors (Lipinski definition) is 3. The maximum Gasteiger partial charge on any atom is 0.273 e. The summed E-state index contributed by atoms with van der Waals surface area (Å²) in [6, 6.07) is 17.6. The second-order valence-electron chi connectivity index (χ2n) is 4.93. The molecule has 0 saturated carbocycles. The van der Waals surface area contributed by atoms with Crippen molar-refractivity contribution in [1.82, 2.24) is 10.2 Å².